The van der Waals surface area contributed by atoms with Gasteiger partial charge in [-0.25, -0.2) is 13.2 Å². The van der Waals surface area contributed by atoms with Gasteiger partial charge in [-0.3, -0.25) is 9.69 Å². The van der Waals surface area contributed by atoms with E-state index in [1.54, 1.807) is 49.9 Å². The van der Waals surface area contributed by atoms with Crippen molar-refractivity contribution in [2.24, 2.45) is 5.92 Å². The summed E-state index contributed by atoms with van der Waals surface area (Å²) >= 11 is 1.49. The molecule has 4 atom stereocenters. The van der Waals surface area contributed by atoms with Gasteiger partial charge in [-0.05, 0) is 77.4 Å². The van der Waals surface area contributed by atoms with Crippen LogP contribution >= 0.6 is 11.8 Å². The van der Waals surface area contributed by atoms with E-state index in [1.807, 2.05) is 0 Å². The van der Waals surface area contributed by atoms with Gasteiger partial charge in [0.1, 0.15) is 0 Å². The number of nitrogens with zero attached hydrogens (tertiary/aromatic N) is 1. The van der Waals surface area contributed by atoms with E-state index in [0.717, 1.165) is 38.9 Å². The van der Waals surface area contributed by atoms with Crippen molar-refractivity contribution in [3.63, 3.8) is 0 Å². The van der Waals surface area contributed by atoms with Gasteiger partial charge >= 0.3 is 6.03 Å². The summed E-state index contributed by atoms with van der Waals surface area (Å²) in [5, 5.41) is 13.0. The SMILES string of the molecule is CC(C)(C)S(=O)(=O)c1ccc(N2C(=O)NC3=C(C(=O)N[C@@H]4CCCNC4)SC4NCCC2C34)cc1. The molecule has 1 aromatic carbocycles. The highest BCUT2D eigenvalue weighted by Crippen LogP contribution is 2.48. The van der Waals surface area contributed by atoms with Crippen LogP contribution in [0.1, 0.15) is 40.0 Å². The Balaban J connectivity index is 1.41. The molecule has 5 rings (SSSR count). The van der Waals surface area contributed by atoms with Crippen LogP contribution in [0.3, 0.4) is 0 Å². The van der Waals surface area contributed by atoms with E-state index in [0.29, 0.717) is 16.3 Å². The maximum Gasteiger partial charge on any atom is 0.326 e. The van der Waals surface area contributed by atoms with E-state index in [4.69, 9.17) is 0 Å². The zero-order chi connectivity index (χ0) is 25.0. The second-order valence-corrected chi connectivity index (χ2v) is 14.4. The number of carbonyl (C=O) groups is 2. The van der Waals surface area contributed by atoms with Gasteiger partial charge in [-0.1, -0.05) is 11.8 Å². The highest BCUT2D eigenvalue weighted by molar-refractivity contribution is 8.04. The van der Waals surface area contributed by atoms with Gasteiger partial charge in [0.2, 0.25) is 0 Å². The minimum absolute atomic E-state index is 0.00220. The standard InChI is InChI=1S/C24H33N5O4S2/c1-24(2,3)35(32,33)16-8-6-15(7-9-16)29-17-10-12-26-22-18(17)19(28-23(29)31)20(34-22)21(30)27-14-5-4-11-25-13-14/h6-9,14,17-18,22,25-26H,4-5,10-13H2,1-3H3,(H,27,30)(H,28,31)/t14-,17?,18?,22?/m1/s1. The van der Waals surface area contributed by atoms with Crippen molar-refractivity contribution in [2.75, 3.05) is 24.5 Å². The Bertz CT molecular complexity index is 1150. The summed E-state index contributed by atoms with van der Waals surface area (Å²) in [6.07, 6.45) is 2.71. The second-order valence-electron chi connectivity index (χ2n) is 10.5. The molecule has 0 saturated carbocycles. The van der Waals surface area contributed by atoms with E-state index < -0.39 is 14.6 Å². The van der Waals surface area contributed by atoms with E-state index in [-0.39, 0.29) is 40.2 Å². The summed E-state index contributed by atoms with van der Waals surface area (Å²) < 4.78 is 24.7. The molecular weight excluding hydrogens is 486 g/mol. The van der Waals surface area contributed by atoms with Crippen LogP contribution in [0.2, 0.25) is 0 Å². The van der Waals surface area contributed by atoms with Crippen LogP contribution in [-0.4, -0.2) is 62.2 Å². The molecule has 0 bridgehead atoms. The third-order valence-electron chi connectivity index (χ3n) is 7.21. The molecule has 1 aromatic rings. The highest BCUT2D eigenvalue weighted by atomic mass is 32.2. The lowest BCUT2D eigenvalue weighted by Gasteiger charge is -2.45. The van der Waals surface area contributed by atoms with Crippen molar-refractivity contribution in [3.8, 4) is 0 Å². The van der Waals surface area contributed by atoms with Crippen LogP contribution in [0.15, 0.2) is 39.8 Å². The molecule has 35 heavy (non-hydrogen) atoms. The summed E-state index contributed by atoms with van der Waals surface area (Å²) in [4.78, 5) is 29.0. The number of piperidine rings is 2. The fraction of sp³-hybridized carbons (Fsp3) is 0.583. The number of urea groups is 1. The van der Waals surface area contributed by atoms with E-state index in [2.05, 4.69) is 21.3 Å². The maximum atomic E-state index is 13.3. The fourth-order valence-corrected chi connectivity index (χ4v) is 7.89. The molecule has 3 saturated heterocycles. The predicted molar refractivity (Wildman–Crippen MR) is 137 cm³/mol. The Morgan fingerprint density at radius 2 is 1.89 bits per heavy atom. The highest BCUT2D eigenvalue weighted by Gasteiger charge is 2.51. The number of sulfone groups is 1. The lowest BCUT2D eigenvalue weighted by molar-refractivity contribution is -0.117. The summed E-state index contributed by atoms with van der Waals surface area (Å²) in [7, 11) is -3.49. The molecule has 11 heteroatoms. The van der Waals surface area contributed by atoms with Crippen molar-refractivity contribution < 1.29 is 18.0 Å². The van der Waals surface area contributed by atoms with Crippen LogP contribution in [0.4, 0.5) is 10.5 Å². The molecule has 4 aliphatic heterocycles. The van der Waals surface area contributed by atoms with Gasteiger partial charge in [0.05, 0.1) is 26.0 Å². The van der Waals surface area contributed by atoms with Gasteiger partial charge in [0.15, 0.2) is 9.84 Å². The number of nitrogens with one attached hydrogen (secondary N) is 4. The lowest BCUT2D eigenvalue weighted by atomic mass is 9.86. The van der Waals surface area contributed by atoms with Gasteiger partial charge in [0, 0.05) is 29.9 Å². The molecule has 0 radical (unpaired) electrons. The number of amides is 3. The van der Waals surface area contributed by atoms with Crippen molar-refractivity contribution in [1.82, 2.24) is 21.3 Å². The lowest BCUT2D eigenvalue weighted by Crippen LogP contribution is -2.62. The second kappa shape index (κ2) is 9.10. The summed E-state index contributed by atoms with van der Waals surface area (Å²) in [5.74, 6) is -0.172. The number of hydrogen-bond acceptors (Lipinski definition) is 7. The predicted octanol–water partition coefficient (Wildman–Crippen LogP) is 1.92. The Morgan fingerprint density at radius 3 is 2.54 bits per heavy atom. The number of benzene rings is 1. The fourth-order valence-electron chi connectivity index (χ4n) is 5.29. The molecule has 4 N–H and O–H groups in total. The number of anilines is 1. The first-order chi connectivity index (χ1) is 16.6. The van der Waals surface area contributed by atoms with Crippen LogP contribution in [0.25, 0.3) is 0 Å². The van der Waals surface area contributed by atoms with Crippen LogP contribution < -0.4 is 26.2 Å². The quantitative estimate of drug-likeness (QED) is 0.480. The average Bonchev–Trinajstić information content (AvgIpc) is 3.19. The first-order valence-electron chi connectivity index (χ1n) is 12.2. The number of thioether (sulfide) groups is 1. The molecule has 190 valence electrons. The molecule has 0 aliphatic carbocycles. The molecule has 9 nitrogen and oxygen atoms in total. The van der Waals surface area contributed by atoms with Crippen molar-refractivity contribution >= 4 is 39.2 Å². The van der Waals surface area contributed by atoms with Gasteiger partial charge in [-0.15, -0.1) is 0 Å². The van der Waals surface area contributed by atoms with Crippen molar-refractivity contribution in [1.29, 1.82) is 0 Å². The molecule has 0 aromatic heterocycles. The topological polar surface area (TPSA) is 120 Å². The molecule has 4 heterocycles. The Kier molecular flexibility index (Phi) is 6.40. The summed E-state index contributed by atoms with van der Waals surface area (Å²) in [6, 6.07) is 6.24. The van der Waals surface area contributed by atoms with Crippen LogP contribution in [0.5, 0.6) is 0 Å². The number of carbonyl (C=O) groups excluding carboxylic acids is 2. The minimum Gasteiger partial charge on any atom is -0.348 e. The number of hydrogen-bond donors (Lipinski definition) is 4. The molecular formula is C24H33N5O4S2. The van der Waals surface area contributed by atoms with E-state index in [1.165, 1.54) is 11.8 Å². The molecule has 4 aliphatic rings. The van der Waals surface area contributed by atoms with Gasteiger partial charge in [0.25, 0.3) is 5.91 Å². The Hall–Kier alpha value is -2.08. The first-order valence-corrected chi connectivity index (χ1v) is 14.5. The van der Waals surface area contributed by atoms with Crippen LogP contribution in [0, 0.1) is 5.92 Å². The molecule has 3 unspecified atom stereocenters. The van der Waals surface area contributed by atoms with Crippen molar-refractivity contribution in [2.45, 2.75) is 67.1 Å². The summed E-state index contributed by atoms with van der Waals surface area (Å²) in [5.41, 5.74) is 1.35. The molecule has 0 spiro atoms. The smallest absolute Gasteiger partial charge is 0.326 e. The zero-order valence-corrected chi connectivity index (χ0v) is 21.9. The average molecular weight is 520 g/mol. The summed E-state index contributed by atoms with van der Waals surface area (Å²) in [6.45, 7) is 7.48. The van der Waals surface area contributed by atoms with E-state index >= 15 is 0 Å². The first kappa shape index (κ1) is 24.6. The maximum absolute atomic E-state index is 13.3. The Labute approximate surface area is 210 Å². The third-order valence-corrected chi connectivity index (χ3v) is 11.1. The van der Waals surface area contributed by atoms with Gasteiger partial charge < -0.3 is 21.3 Å². The van der Waals surface area contributed by atoms with Gasteiger partial charge in [-0.2, -0.15) is 0 Å². The van der Waals surface area contributed by atoms with Crippen molar-refractivity contribution in [3.05, 3.63) is 34.9 Å². The molecule has 3 amide bonds. The number of rotatable bonds is 4. The van der Waals surface area contributed by atoms with Crippen LogP contribution in [-0.2, 0) is 14.6 Å². The third kappa shape index (κ3) is 4.36. The monoisotopic (exact) mass is 519 g/mol. The normalized spacial score (nSPS) is 29.0. The molecule has 3 fully saturated rings. The minimum atomic E-state index is -3.49. The largest absolute Gasteiger partial charge is 0.348 e. The van der Waals surface area contributed by atoms with E-state index in [9.17, 15) is 18.0 Å². The Morgan fingerprint density at radius 1 is 1.14 bits per heavy atom. The zero-order valence-electron chi connectivity index (χ0n) is 20.3.